The third kappa shape index (κ3) is 9.59. The van der Waals surface area contributed by atoms with E-state index in [9.17, 15) is 4.79 Å². The Hall–Kier alpha value is -2.12. The highest BCUT2D eigenvalue weighted by Crippen LogP contribution is 2.12. The van der Waals surface area contributed by atoms with Gasteiger partial charge in [-0.2, -0.15) is 0 Å². The SMILES string of the molecule is CCCCNC(=O)c1ccc(CN=C(NCC)NCCCOCC2CCOC2)cc1. The summed E-state index contributed by atoms with van der Waals surface area (Å²) in [5.41, 5.74) is 1.76. The van der Waals surface area contributed by atoms with Gasteiger partial charge in [0.05, 0.1) is 19.8 Å². The summed E-state index contributed by atoms with van der Waals surface area (Å²) in [4.78, 5) is 16.7. The lowest BCUT2D eigenvalue weighted by atomic mass is 10.1. The highest BCUT2D eigenvalue weighted by Gasteiger charge is 2.15. The van der Waals surface area contributed by atoms with Crippen LogP contribution in [0.4, 0.5) is 0 Å². The number of nitrogens with one attached hydrogen (secondary N) is 3. The van der Waals surface area contributed by atoms with Crippen molar-refractivity contribution in [1.82, 2.24) is 16.0 Å². The number of nitrogens with zero attached hydrogens (tertiary/aromatic N) is 1. The molecule has 1 atom stereocenters. The summed E-state index contributed by atoms with van der Waals surface area (Å²) in [5.74, 6) is 1.34. The van der Waals surface area contributed by atoms with E-state index in [-0.39, 0.29) is 5.91 Å². The van der Waals surface area contributed by atoms with Crippen molar-refractivity contribution in [3.63, 3.8) is 0 Å². The number of hydrogen-bond acceptors (Lipinski definition) is 4. The monoisotopic (exact) mass is 418 g/mol. The van der Waals surface area contributed by atoms with Crippen LogP contribution in [0.5, 0.6) is 0 Å². The molecule has 7 heteroatoms. The molecule has 1 aromatic rings. The summed E-state index contributed by atoms with van der Waals surface area (Å²) in [6.07, 6.45) is 4.11. The minimum atomic E-state index is -0.0174. The number of carbonyl (C=O) groups excluding carboxylic acids is 1. The number of benzene rings is 1. The van der Waals surface area contributed by atoms with E-state index in [1.807, 2.05) is 24.3 Å². The molecule has 0 spiro atoms. The Kier molecular flexibility index (Phi) is 11.9. The Labute approximate surface area is 181 Å². The third-order valence-corrected chi connectivity index (χ3v) is 4.93. The van der Waals surface area contributed by atoms with Crippen LogP contribution >= 0.6 is 0 Å². The first-order valence-electron chi connectivity index (χ1n) is 11.3. The number of rotatable bonds is 13. The summed E-state index contributed by atoms with van der Waals surface area (Å²) < 4.78 is 11.1. The summed E-state index contributed by atoms with van der Waals surface area (Å²) in [5, 5.41) is 9.55. The van der Waals surface area contributed by atoms with E-state index in [1.54, 1.807) is 0 Å². The maximum atomic E-state index is 12.1. The second-order valence-corrected chi connectivity index (χ2v) is 7.59. The molecule has 0 aromatic heterocycles. The fourth-order valence-corrected chi connectivity index (χ4v) is 3.10. The number of unbranched alkanes of at least 4 members (excludes halogenated alkanes) is 1. The van der Waals surface area contributed by atoms with Gasteiger partial charge in [0.1, 0.15) is 0 Å². The van der Waals surface area contributed by atoms with E-state index >= 15 is 0 Å². The maximum Gasteiger partial charge on any atom is 0.251 e. The maximum absolute atomic E-state index is 12.1. The topological polar surface area (TPSA) is 84.0 Å². The number of ether oxygens (including phenoxy) is 2. The van der Waals surface area contributed by atoms with Crippen molar-refractivity contribution in [1.29, 1.82) is 0 Å². The van der Waals surface area contributed by atoms with E-state index < -0.39 is 0 Å². The van der Waals surface area contributed by atoms with Gasteiger partial charge >= 0.3 is 0 Å². The zero-order chi connectivity index (χ0) is 21.4. The van der Waals surface area contributed by atoms with Gasteiger partial charge in [0.25, 0.3) is 5.91 Å². The van der Waals surface area contributed by atoms with Crippen LogP contribution in [0.15, 0.2) is 29.3 Å². The molecule has 1 aliphatic heterocycles. The number of guanidine groups is 1. The Morgan fingerprint density at radius 3 is 2.63 bits per heavy atom. The molecule has 168 valence electrons. The average Bonchev–Trinajstić information content (AvgIpc) is 3.28. The highest BCUT2D eigenvalue weighted by atomic mass is 16.5. The molecule has 0 bridgehead atoms. The third-order valence-electron chi connectivity index (χ3n) is 4.93. The van der Waals surface area contributed by atoms with Crippen LogP contribution in [0.3, 0.4) is 0 Å². The van der Waals surface area contributed by atoms with Crippen molar-refractivity contribution in [2.75, 3.05) is 46.1 Å². The van der Waals surface area contributed by atoms with Crippen LogP contribution in [0.2, 0.25) is 0 Å². The normalized spacial score (nSPS) is 16.5. The summed E-state index contributed by atoms with van der Waals surface area (Å²) in [6, 6.07) is 7.64. The van der Waals surface area contributed by atoms with Crippen LogP contribution in [-0.2, 0) is 16.0 Å². The van der Waals surface area contributed by atoms with Crippen LogP contribution in [0.1, 0.15) is 55.5 Å². The Morgan fingerprint density at radius 1 is 1.13 bits per heavy atom. The predicted molar refractivity (Wildman–Crippen MR) is 121 cm³/mol. The van der Waals surface area contributed by atoms with Crippen molar-refractivity contribution in [3.05, 3.63) is 35.4 Å². The lowest BCUT2D eigenvalue weighted by molar-refractivity contribution is 0.0888. The first-order valence-corrected chi connectivity index (χ1v) is 11.3. The van der Waals surface area contributed by atoms with Crippen LogP contribution in [0.25, 0.3) is 0 Å². The molecule has 7 nitrogen and oxygen atoms in total. The van der Waals surface area contributed by atoms with Gasteiger partial charge in [-0.3, -0.25) is 4.79 Å². The minimum absolute atomic E-state index is 0.0174. The van der Waals surface area contributed by atoms with E-state index in [1.165, 1.54) is 0 Å². The molecule has 30 heavy (non-hydrogen) atoms. The van der Waals surface area contributed by atoms with Crippen molar-refractivity contribution in [2.45, 2.75) is 46.1 Å². The molecule has 3 N–H and O–H groups in total. The van der Waals surface area contributed by atoms with Crippen molar-refractivity contribution in [2.24, 2.45) is 10.9 Å². The van der Waals surface area contributed by atoms with Gasteiger partial charge in [-0.1, -0.05) is 25.5 Å². The van der Waals surface area contributed by atoms with Crippen LogP contribution < -0.4 is 16.0 Å². The molecular weight excluding hydrogens is 380 g/mol. The molecule has 2 rings (SSSR count). The number of hydrogen-bond donors (Lipinski definition) is 3. The summed E-state index contributed by atoms with van der Waals surface area (Å²) in [6.45, 7) is 10.3. The first-order chi connectivity index (χ1) is 14.7. The average molecular weight is 419 g/mol. The quantitative estimate of drug-likeness (QED) is 0.261. The smallest absolute Gasteiger partial charge is 0.251 e. The fraction of sp³-hybridized carbons (Fsp3) is 0.652. The lowest BCUT2D eigenvalue weighted by Crippen LogP contribution is -2.38. The molecule has 0 aliphatic carbocycles. The van der Waals surface area contributed by atoms with Crippen molar-refractivity contribution < 1.29 is 14.3 Å². The van der Waals surface area contributed by atoms with Gasteiger partial charge in [-0.05, 0) is 43.9 Å². The number of aliphatic imine (C=N–C) groups is 1. The Balaban J connectivity index is 1.69. The number of amides is 1. The molecule has 0 radical (unpaired) electrons. The van der Waals surface area contributed by atoms with Gasteiger partial charge in [0.2, 0.25) is 0 Å². The molecule has 1 amide bonds. The van der Waals surface area contributed by atoms with Crippen molar-refractivity contribution >= 4 is 11.9 Å². The molecule has 1 saturated heterocycles. The molecule has 1 fully saturated rings. The lowest BCUT2D eigenvalue weighted by Gasteiger charge is -2.12. The van der Waals surface area contributed by atoms with Crippen LogP contribution in [-0.4, -0.2) is 57.9 Å². The van der Waals surface area contributed by atoms with Gasteiger partial charge in [-0.15, -0.1) is 0 Å². The first kappa shape index (κ1) is 24.2. The predicted octanol–water partition coefficient (Wildman–Crippen LogP) is 2.71. The molecule has 1 unspecified atom stereocenters. The van der Waals surface area contributed by atoms with Crippen molar-refractivity contribution in [3.8, 4) is 0 Å². The van der Waals surface area contributed by atoms with E-state index in [4.69, 9.17) is 9.47 Å². The Bertz CT molecular complexity index is 628. The van der Waals surface area contributed by atoms with Gasteiger partial charge in [0, 0.05) is 44.3 Å². The van der Waals surface area contributed by atoms with E-state index in [0.29, 0.717) is 18.0 Å². The summed E-state index contributed by atoms with van der Waals surface area (Å²) >= 11 is 0. The minimum Gasteiger partial charge on any atom is -0.381 e. The van der Waals surface area contributed by atoms with E-state index in [0.717, 1.165) is 83.3 Å². The van der Waals surface area contributed by atoms with E-state index in [2.05, 4.69) is 34.8 Å². The standard InChI is InChI=1S/C23H38N4O3/c1-3-5-12-25-22(28)21-9-7-19(8-10-21)16-27-23(24-4-2)26-13-6-14-29-17-20-11-15-30-18-20/h7-10,20H,3-6,11-18H2,1-2H3,(H,25,28)(H2,24,26,27). The molecule has 1 heterocycles. The molecular formula is C23H38N4O3. The highest BCUT2D eigenvalue weighted by molar-refractivity contribution is 5.94. The zero-order valence-corrected chi connectivity index (χ0v) is 18.5. The molecule has 1 aliphatic rings. The Morgan fingerprint density at radius 2 is 1.93 bits per heavy atom. The fourth-order valence-electron chi connectivity index (χ4n) is 3.10. The van der Waals surface area contributed by atoms with Gasteiger partial charge in [-0.25, -0.2) is 4.99 Å². The summed E-state index contributed by atoms with van der Waals surface area (Å²) in [7, 11) is 0. The second-order valence-electron chi connectivity index (χ2n) is 7.59. The number of carbonyl (C=O) groups is 1. The second kappa shape index (κ2) is 14.8. The van der Waals surface area contributed by atoms with Gasteiger partial charge < -0.3 is 25.4 Å². The van der Waals surface area contributed by atoms with Crippen LogP contribution in [0, 0.1) is 5.92 Å². The zero-order valence-electron chi connectivity index (χ0n) is 18.5. The molecule has 1 aromatic carbocycles. The van der Waals surface area contributed by atoms with Gasteiger partial charge in [0.15, 0.2) is 5.96 Å². The largest absolute Gasteiger partial charge is 0.381 e. The molecule has 0 saturated carbocycles.